The van der Waals surface area contributed by atoms with Crippen molar-refractivity contribution in [3.05, 3.63) is 0 Å². The number of unbranched alkanes of at least 4 members (excludes halogenated alkanes) is 1. The Morgan fingerprint density at radius 2 is 1.74 bits per heavy atom. The van der Waals surface area contributed by atoms with Gasteiger partial charge in [0.05, 0.1) is 28.3 Å². The SMILES string of the molecule is CCCC[C@@H](C(=O)OCCC)[C@@H](N[S@](=O)C(C)(C)C)C(F)(F)F. The van der Waals surface area contributed by atoms with Crippen molar-refractivity contribution in [1.29, 1.82) is 0 Å². The van der Waals surface area contributed by atoms with Crippen molar-refractivity contribution < 1.29 is 26.9 Å². The lowest BCUT2D eigenvalue weighted by Crippen LogP contribution is -2.53. The first-order valence-electron chi connectivity index (χ1n) is 7.86. The molecule has 0 aromatic rings. The van der Waals surface area contributed by atoms with Crippen molar-refractivity contribution >= 4 is 17.0 Å². The van der Waals surface area contributed by atoms with E-state index >= 15 is 0 Å². The molecule has 0 saturated heterocycles. The number of carbonyl (C=O) groups excluding carboxylic acids is 1. The van der Waals surface area contributed by atoms with E-state index in [-0.39, 0.29) is 13.0 Å². The predicted octanol–water partition coefficient (Wildman–Crippen LogP) is 3.73. The van der Waals surface area contributed by atoms with Gasteiger partial charge in [0, 0.05) is 0 Å². The summed E-state index contributed by atoms with van der Waals surface area (Å²) < 4.78 is 58.5. The fourth-order valence-electron chi connectivity index (χ4n) is 1.82. The zero-order chi connectivity index (χ0) is 18.3. The number of halogens is 3. The monoisotopic (exact) mass is 359 g/mol. The summed E-state index contributed by atoms with van der Waals surface area (Å²) in [4.78, 5) is 12.1. The molecule has 0 heterocycles. The van der Waals surface area contributed by atoms with Crippen molar-refractivity contribution in [2.45, 2.75) is 77.3 Å². The van der Waals surface area contributed by atoms with Crippen molar-refractivity contribution in [3.63, 3.8) is 0 Å². The van der Waals surface area contributed by atoms with Crippen LogP contribution in [-0.2, 0) is 20.5 Å². The molecule has 0 rings (SSSR count). The van der Waals surface area contributed by atoms with Crippen LogP contribution >= 0.6 is 0 Å². The van der Waals surface area contributed by atoms with E-state index in [1.54, 1.807) is 27.7 Å². The predicted molar refractivity (Wildman–Crippen MR) is 85.1 cm³/mol. The number of rotatable bonds is 9. The number of ether oxygens (including phenoxy) is 1. The summed E-state index contributed by atoms with van der Waals surface area (Å²) in [6.07, 6.45) is -3.00. The van der Waals surface area contributed by atoms with Crippen LogP contribution in [0.4, 0.5) is 13.2 Å². The molecule has 4 nitrogen and oxygen atoms in total. The first-order valence-corrected chi connectivity index (χ1v) is 9.01. The molecular weight excluding hydrogens is 331 g/mol. The largest absolute Gasteiger partial charge is 0.465 e. The van der Waals surface area contributed by atoms with Crippen LogP contribution in [0.2, 0.25) is 0 Å². The Balaban J connectivity index is 5.38. The quantitative estimate of drug-likeness (QED) is 0.638. The summed E-state index contributed by atoms with van der Waals surface area (Å²) >= 11 is 0. The lowest BCUT2D eigenvalue weighted by molar-refractivity contribution is -0.179. The fourth-order valence-corrected chi connectivity index (χ4v) is 2.71. The molecule has 0 fully saturated rings. The number of hydrogen-bond donors (Lipinski definition) is 1. The van der Waals surface area contributed by atoms with Gasteiger partial charge in [-0.05, 0) is 33.6 Å². The van der Waals surface area contributed by atoms with E-state index in [4.69, 9.17) is 4.74 Å². The third-order valence-corrected chi connectivity index (χ3v) is 4.75. The van der Waals surface area contributed by atoms with E-state index in [1.165, 1.54) is 0 Å². The summed E-state index contributed by atoms with van der Waals surface area (Å²) in [6, 6.07) is -2.18. The van der Waals surface area contributed by atoms with Crippen LogP contribution in [0, 0.1) is 5.92 Å². The van der Waals surface area contributed by atoms with Gasteiger partial charge in [-0.25, -0.2) is 8.93 Å². The van der Waals surface area contributed by atoms with E-state index < -0.39 is 39.8 Å². The Morgan fingerprint density at radius 1 is 1.17 bits per heavy atom. The maximum Gasteiger partial charge on any atom is 0.405 e. The van der Waals surface area contributed by atoms with Crippen molar-refractivity contribution in [1.82, 2.24) is 4.72 Å². The topological polar surface area (TPSA) is 55.4 Å². The first kappa shape index (κ1) is 22.4. The fraction of sp³-hybridized carbons (Fsp3) is 0.933. The molecule has 0 bridgehead atoms. The smallest absolute Gasteiger partial charge is 0.405 e. The molecule has 0 aliphatic rings. The van der Waals surface area contributed by atoms with Crippen molar-refractivity contribution in [3.8, 4) is 0 Å². The molecule has 0 aromatic carbocycles. The molecule has 8 heteroatoms. The summed E-state index contributed by atoms with van der Waals surface area (Å²) in [5.74, 6) is -2.28. The van der Waals surface area contributed by atoms with Crippen LogP contribution in [0.15, 0.2) is 0 Å². The molecule has 3 atom stereocenters. The van der Waals surface area contributed by atoms with Crippen molar-refractivity contribution in [2.24, 2.45) is 5.92 Å². The molecule has 1 N–H and O–H groups in total. The van der Waals surface area contributed by atoms with Gasteiger partial charge in [0.1, 0.15) is 6.04 Å². The second-order valence-corrected chi connectivity index (χ2v) is 8.43. The van der Waals surface area contributed by atoms with E-state index in [0.29, 0.717) is 19.3 Å². The van der Waals surface area contributed by atoms with Gasteiger partial charge in [-0.3, -0.25) is 4.79 Å². The molecule has 0 aromatic heterocycles. The lowest BCUT2D eigenvalue weighted by Gasteiger charge is -2.30. The molecule has 0 spiro atoms. The van der Waals surface area contributed by atoms with Crippen LogP contribution in [0.3, 0.4) is 0 Å². The highest BCUT2D eigenvalue weighted by Gasteiger charge is 2.49. The summed E-state index contributed by atoms with van der Waals surface area (Å²) in [6.45, 7) is 8.38. The maximum absolute atomic E-state index is 13.4. The first-order chi connectivity index (χ1) is 10.4. The number of nitrogens with one attached hydrogen (secondary N) is 1. The molecule has 0 saturated carbocycles. The molecular formula is C15H28F3NO3S. The Hall–Kier alpha value is -0.630. The molecule has 0 unspecified atom stereocenters. The average molecular weight is 359 g/mol. The van der Waals surface area contributed by atoms with Gasteiger partial charge in [-0.15, -0.1) is 0 Å². The number of carbonyl (C=O) groups is 1. The zero-order valence-corrected chi connectivity index (χ0v) is 15.3. The van der Waals surface area contributed by atoms with E-state index in [1.807, 2.05) is 6.92 Å². The lowest BCUT2D eigenvalue weighted by atomic mass is 9.94. The molecule has 0 amide bonds. The minimum Gasteiger partial charge on any atom is -0.465 e. The Kier molecular flexibility index (Phi) is 9.35. The molecule has 0 aliphatic heterocycles. The van der Waals surface area contributed by atoms with Crippen LogP contribution in [-0.4, -0.2) is 33.8 Å². The average Bonchev–Trinajstić information content (AvgIpc) is 2.41. The number of esters is 1. The van der Waals surface area contributed by atoms with Crippen LogP contribution < -0.4 is 4.72 Å². The standard InChI is InChI=1S/C15H28F3NO3S/c1-6-8-9-11(13(20)22-10-7-2)12(15(16,17)18)19-23(21)14(3,4)5/h11-12,19H,6-10H2,1-5H3/t11-,12-,23-/m1/s1. The Bertz CT molecular complexity index is 394. The van der Waals surface area contributed by atoms with E-state index in [2.05, 4.69) is 4.72 Å². The highest BCUT2D eigenvalue weighted by molar-refractivity contribution is 7.84. The molecule has 0 aliphatic carbocycles. The highest BCUT2D eigenvalue weighted by Crippen LogP contribution is 2.31. The molecule has 23 heavy (non-hydrogen) atoms. The van der Waals surface area contributed by atoms with Crippen molar-refractivity contribution in [2.75, 3.05) is 6.61 Å². The van der Waals surface area contributed by atoms with E-state index in [0.717, 1.165) is 0 Å². The summed E-state index contributed by atoms with van der Waals surface area (Å²) in [5.41, 5.74) is 0. The van der Waals surface area contributed by atoms with Gasteiger partial charge in [0.15, 0.2) is 0 Å². The normalized spacial score (nSPS) is 16.7. The van der Waals surface area contributed by atoms with Gasteiger partial charge in [-0.1, -0.05) is 26.7 Å². The Labute approximate surface area is 139 Å². The second-order valence-electron chi connectivity index (χ2n) is 6.43. The van der Waals surface area contributed by atoms with Gasteiger partial charge in [0.2, 0.25) is 0 Å². The Morgan fingerprint density at radius 3 is 2.13 bits per heavy atom. The summed E-state index contributed by atoms with van der Waals surface area (Å²) in [7, 11) is -1.94. The van der Waals surface area contributed by atoms with E-state index in [9.17, 15) is 22.2 Å². The minimum absolute atomic E-state index is 0.0393. The van der Waals surface area contributed by atoms with Crippen LogP contribution in [0.1, 0.15) is 60.3 Å². The molecule has 138 valence electrons. The third kappa shape index (κ3) is 8.15. The minimum atomic E-state index is -4.69. The van der Waals surface area contributed by atoms with Crippen LogP contribution in [0.5, 0.6) is 0 Å². The number of hydrogen-bond acceptors (Lipinski definition) is 3. The maximum atomic E-state index is 13.4. The van der Waals surface area contributed by atoms with Gasteiger partial charge < -0.3 is 4.74 Å². The highest BCUT2D eigenvalue weighted by atomic mass is 32.2. The number of alkyl halides is 3. The zero-order valence-electron chi connectivity index (χ0n) is 14.5. The summed E-state index contributed by atoms with van der Waals surface area (Å²) in [5, 5.41) is 0. The molecule has 0 radical (unpaired) electrons. The van der Waals surface area contributed by atoms with Crippen LogP contribution in [0.25, 0.3) is 0 Å². The second kappa shape index (κ2) is 9.61. The van der Waals surface area contributed by atoms with Gasteiger partial charge >= 0.3 is 12.1 Å². The van der Waals surface area contributed by atoms with Gasteiger partial charge in [-0.2, -0.15) is 13.2 Å². The van der Waals surface area contributed by atoms with Gasteiger partial charge in [0.25, 0.3) is 0 Å². The third-order valence-electron chi connectivity index (χ3n) is 3.17.